The number of hydrogen-bond donors (Lipinski definition) is 1. The molecule has 0 spiro atoms. The quantitative estimate of drug-likeness (QED) is 0.799. The lowest BCUT2D eigenvalue weighted by molar-refractivity contribution is 0.265. The van der Waals surface area contributed by atoms with Crippen molar-refractivity contribution in [1.82, 2.24) is 0 Å². The van der Waals surface area contributed by atoms with Crippen LogP contribution in [0.2, 0.25) is 0 Å². The van der Waals surface area contributed by atoms with Gasteiger partial charge in [-0.1, -0.05) is 30.3 Å². The zero-order valence-corrected chi connectivity index (χ0v) is 8.97. The highest BCUT2D eigenvalue weighted by Gasteiger charge is 2.16. The van der Waals surface area contributed by atoms with Crippen LogP contribution in [0, 0.1) is 0 Å². The summed E-state index contributed by atoms with van der Waals surface area (Å²) in [6, 6.07) is 10.3. The summed E-state index contributed by atoms with van der Waals surface area (Å²) in [6.45, 7) is 4.34. The highest BCUT2D eigenvalue weighted by atomic mass is 32.2. The molecule has 0 unspecified atom stereocenters. The molecule has 1 aromatic carbocycles. The molecule has 0 bridgehead atoms. The largest absolute Gasteiger partial charge is 0.395 e. The maximum absolute atomic E-state index is 9.05. The number of rotatable bonds is 4. The predicted molar refractivity (Wildman–Crippen MR) is 58.9 cm³/mol. The Hall–Kier alpha value is -0.470. The minimum atomic E-state index is -0.0319. The van der Waals surface area contributed by atoms with Crippen LogP contribution in [0.1, 0.15) is 19.4 Å². The second-order valence-corrected chi connectivity index (χ2v) is 5.37. The van der Waals surface area contributed by atoms with Crippen molar-refractivity contribution in [2.75, 3.05) is 6.61 Å². The molecule has 0 amide bonds. The molecular formula is C11H16OS. The van der Waals surface area contributed by atoms with Crippen LogP contribution in [0.25, 0.3) is 0 Å². The Bertz CT molecular complexity index is 244. The predicted octanol–water partition coefficient (Wildman–Crippen LogP) is 2.69. The first-order valence-corrected chi connectivity index (χ1v) is 5.41. The van der Waals surface area contributed by atoms with Crippen LogP contribution in [0.5, 0.6) is 0 Å². The minimum Gasteiger partial charge on any atom is -0.395 e. The smallest absolute Gasteiger partial charge is 0.0572 e. The molecule has 0 saturated heterocycles. The van der Waals surface area contributed by atoms with Gasteiger partial charge in [0.2, 0.25) is 0 Å². The second kappa shape index (κ2) is 4.68. The maximum Gasteiger partial charge on any atom is 0.0572 e. The lowest BCUT2D eigenvalue weighted by atomic mass is 10.2. The summed E-state index contributed by atoms with van der Waals surface area (Å²) >= 11 is 1.78. The average molecular weight is 196 g/mol. The molecule has 72 valence electrons. The van der Waals surface area contributed by atoms with Crippen LogP contribution in [0.4, 0.5) is 0 Å². The van der Waals surface area contributed by atoms with Crippen LogP contribution in [0.15, 0.2) is 30.3 Å². The van der Waals surface area contributed by atoms with Crippen LogP contribution in [0.3, 0.4) is 0 Å². The van der Waals surface area contributed by atoms with E-state index in [0.29, 0.717) is 0 Å². The van der Waals surface area contributed by atoms with Gasteiger partial charge in [-0.15, -0.1) is 11.8 Å². The highest BCUT2D eigenvalue weighted by molar-refractivity contribution is 7.99. The summed E-state index contributed by atoms with van der Waals surface area (Å²) in [5.74, 6) is 0.967. The van der Waals surface area contributed by atoms with Gasteiger partial charge in [0.05, 0.1) is 6.61 Å². The summed E-state index contributed by atoms with van der Waals surface area (Å²) in [6.07, 6.45) is 0. The van der Waals surface area contributed by atoms with Crippen LogP contribution in [-0.2, 0) is 5.75 Å². The first-order valence-electron chi connectivity index (χ1n) is 4.43. The average Bonchev–Trinajstić information content (AvgIpc) is 2.17. The third-order valence-electron chi connectivity index (χ3n) is 1.85. The summed E-state index contributed by atoms with van der Waals surface area (Å²) in [7, 11) is 0. The molecular weight excluding hydrogens is 180 g/mol. The lowest BCUT2D eigenvalue weighted by Gasteiger charge is -2.20. The van der Waals surface area contributed by atoms with Crippen LogP contribution in [-0.4, -0.2) is 16.5 Å². The maximum atomic E-state index is 9.05. The number of benzene rings is 1. The van der Waals surface area contributed by atoms with E-state index < -0.39 is 0 Å². The second-order valence-electron chi connectivity index (χ2n) is 3.69. The van der Waals surface area contributed by atoms with E-state index in [0.717, 1.165) is 5.75 Å². The van der Waals surface area contributed by atoms with Crippen molar-refractivity contribution in [2.24, 2.45) is 0 Å². The van der Waals surface area contributed by atoms with Gasteiger partial charge in [0.1, 0.15) is 0 Å². The van der Waals surface area contributed by atoms with Gasteiger partial charge < -0.3 is 5.11 Å². The van der Waals surface area contributed by atoms with Crippen molar-refractivity contribution in [3.63, 3.8) is 0 Å². The summed E-state index contributed by atoms with van der Waals surface area (Å²) in [5.41, 5.74) is 1.31. The van der Waals surface area contributed by atoms with Gasteiger partial charge in [-0.2, -0.15) is 0 Å². The summed E-state index contributed by atoms with van der Waals surface area (Å²) in [4.78, 5) is 0. The van der Waals surface area contributed by atoms with E-state index in [1.807, 2.05) is 18.2 Å². The minimum absolute atomic E-state index is 0.0319. The molecule has 0 fully saturated rings. The molecule has 0 saturated carbocycles. The summed E-state index contributed by atoms with van der Waals surface area (Å²) in [5, 5.41) is 9.05. The zero-order valence-electron chi connectivity index (χ0n) is 8.16. The molecule has 13 heavy (non-hydrogen) atoms. The molecule has 1 aromatic rings. The molecule has 0 radical (unpaired) electrons. The van der Waals surface area contributed by atoms with Crippen LogP contribution < -0.4 is 0 Å². The normalized spacial score (nSPS) is 11.6. The SMILES string of the molecule is CC(C)(CO)SCc1ccccc1. The van der Waals surface area contributed by atoms with Crippen molar-refractivity contribution < 1.29 is 5.11 Å². The van der Waals surface area contributed by atoms with Gasteiger partial charge in [-0.3, -0.25) is 0 Å². The topological polar surface area (TPSA) is 20.2 Å². The van der Waals surface area contributed by atoms with Gasteiger partial charge in [-0.25, -0.2) is 0 Å². The van der Waals surface area contributed by atoms with E-state index in [4.69, 9.17) is 5.11 Å². The Kier molecular flexibility index (Phi) is 3.82. The van der Waals surface area contributed by atoms with E-state index >= 15 is 0 Å². The van der Waals surface area contributed by atoms with Crippen molar-refractivity contribution in [3.05, 3.63) is 35.9 Å². The standard InChI is InChI=1S/C11H16OS/c1-11(2,9-12)13-8-10-6-4-3-5-7-10/h3-7,12H,8-9H2,1-2H3. The molecule has 1 rings (SSSR count). The molecule has 0 heterocycles. The monoisotopic (exact) mass is 196 g/mol. The van der Waals surface area contributed by atoms with Crippen LogP contribution >= 0.6 is 11.8 Å². The highest BCUT2D eigenvalue weighted by Crippen LogP contribution is 2.27. The van der Waals surface area contributed by atoms with Crippen molar-refractivity contribution in [2.45, 2.75) is 24.3 Å². The zero-order chi connectivity index (χ0) is 9.73. The van der Waals surface area contributed by atoms with E-state index in [1.165, 1.54) is 5.56 Å². The number of aliphatic hydroxyl groups excluding tert-OH is 1. The van der Waals surface area contributed by atoms with Gasteiger partial charge in [-0.05, 0) is 19.4 Å². The number of hydrogen-bond acceptors (Lipinski definition) is 2. The fourth-order valence-corrected chi connectivity index (χ4v) is 1.74. The third-order valence-corrected chi connectivity index (χ3v) is 3.24. The van der Waals surface area contributed by atoms with E-state index in [2.05, 4.69) is 26.0 Å². The van der Waals surface area contributed by atoms with Gasteiger partial charge >= 0.3 is 0 Å². The Morgan fingerprint density at radius 3 is 2.38 bits per heavy atom. The van der Waals surface area contributed by atoms with E-state index in [9.17, 15) is 0 Å². The van der Waals surface area contributed by atoms with Crippen molar-refractivity contribution in [1.29, 1.82) is 0 Å². The molecule has 0 atom stereocenters. The van der Waals surface area contributed by atoms with Gasteiger partial charge in [0.15, 0.2) is 0 Å². The Labute approximate surface area is 84.2 Å². The fourth-order valence-electron chi connectivity index (χ4n) is 0.899. The van der Waals surface area contributed by atoms with E-state index in [-0.39, 0.29) is 11.4 Å². The van der Waals surface area contributed by atoms with Crippen molar-refractivity contribution in [3.8, 4) is 0 Å². The van der Waals surface area contributed by atoms with Gasteiger partial charge in [0, 0.05) is 10.5 Å². The van der Waals surface area contributed by atoms with E-state index in [1.54, 1.807) is 11.8 Å². The lowest BCUT2D eigenvalue weighted by Crippen LogP contribution is -2.19. The summed E-state index contributed by atoms with van der Waals surface area (Å²) < 4.78 is -0.0319. The Balaban J connectivity index is 2.44. The molecule has 0 aromatic heterocycles. The molecule has 0 aliphatic carbocycles. The Morgan fingerprint density at radius 1 is 1.23 bits per heavy atom. The van der Waals surface area contributed by atoms with Crippen molar-refractivity contribution >= 4 is 11.8 Å². The molecule has 1 N–H and O–H groups in total. The molecule has 2 heteroatoms. The molecule has 0 aliphatic rings. The molecule has 1 nitrogen and oxygen atoms in total. The first kappa shape index (κ1) is 10.6. The fraction of sp³-hybridized carbons (Fsp3) is 0.455. The van der Waals surface area contributed by atoms with Gasteiger partial charge in [0.25, 0.3) is 0 Å². The third kappa shape index (κ3) is 3.83. The number of aliphatic hydroxyl groups is 1. The molecule has 0 aliphatic heterocycles. The first-order chi connectivity index (χ1) is 6.14. The number of thioether (sulfide) groups is 1. The Morgan fingerprint density at radius 2 is 1.85 bits per heavy atom.